The molecule has 3 nitrogen and oxygen atoms in total. The predicted octanol–water partition coefficient (Wildman–Crippen LogP) is 3.08. The topological polar surface area (TPSA) is 34.1 Å². The molecule has 3 heteroatoms. The molecule has 2 aromatic rings. The van der Waals surface area contributed by atoms with E-state index in [9.17, 15) is 0 Å². The fourth-order valence-electron chi connectivity index (χ4n) is 3.57. The summed E-state index contributed by atoms with van der Waals surface area (Å²) in [5.41, 5.74) is 2.34. The van der Waals surface area contributed by atoms with E-state index >= 15 is 0 Å². The van der Waals surface area contributed by atoms with Gasteiger partial charge in [0.05, 0.1) is 23.9 Å². The fraction of sp³-hybridized carbons (Fsp3) is 0.389. The first kappa shape index (κ1) is 13.0. The first-order chi connectivity index (χ1) is 10.4. The molecule has 1 aromatic heterocycles. The van der Waals surface area contributed by atoms with Gasteiger partial charge in [-0.2, -0.15) is 0 Å². The van der Waals surface area contributed by atoms with Gasteiger partial charge in [0.1, 0.15) is 0 Å². The van der Waals surface area contributed by atoms with Crippen molar-refractivity contribution in [3.63, 3.8) is 0 Å². The minimum atomic E-state index is 0.139. The molecule has 4 unspecified atom stereocenters. The summed E-state index contributed by atoms with van der Waals surface area (Å²) < 4.78 is 5.97. The molecule has 2 aliphatic heterocycles. The molecule has 0 amide bonds. The lowest BCUT2D eigenvalue weighted by Crippen LogP contribution is -2.40. The zero-order valence-electron chi connectivity index (χ0n) is 12.0. The van der Waals surface area contributed by atoms with Crippen LogP contribution in [0.3, 0.4) is 0 Å². The molecular weight excluding hydrogens is 260 g/mol. The monoisotopic (exact) mass is 280 g/mol. The summed E-state index contributed by atoms with van der Waals surface area (Å²) in [5.74, 6) is 0. The highest BCUT2D eigenvalue weighted by atomic mass is 16.5. The quantitative estimate of drug-likeness (QED) is 0.934. The Morgan fingerprint density at radius 3 is 2.57 bits per heavy atom. The van der Waals surface area contributed by atoms with Crippen molar-refractivity contribution in [3.05, 3.63) is 66.0 Å². The van der Waals surface area contributed by atoms with E-state index in [1.165, 1.54) is 18.4 Å². The number of rotatable bonds is 4. The number of nitrogens with zero attached hydrogens (tertiary/aromatic N) is 1. The van der Waals surface area contributed by atoms with Crippen LogP contribution in [0, 0.1) is 0 Å². The van der Waals surface area contributed by atoms with Crippen LogP contribution in [0.2, 0.25) is 0 Å². The Labute approximate surface area is 125 Å². The second-order valence-corrected chi connectivity index (χ2v) is 5.98. The molecule has 0 saturated carbocycles. The van der Waals surface area contributed by atoms with Gasteiger partial charge in [-0.1, -0.05) is 36.4 Å². The highest BCUT2D eigenvalue weighted by Gasteiger charge is 2.41. The number of pyridine rings is 1. The normalized spacial score (nSPS) is 28.7. The van der Waals surface area contributed by atoms with Gasteiger partial charge < -0.3 is 4.74 Å². The number of ether oxygens (including phenoxy) is 1. The van der Waals surface area contributed by atoms with E-state index in [1.54, 1.807) is 0 Å². The Morgan fingerprint density at radius 2 is 1.90 bits per heavy atom. The SMILES string of the molecule is c1ccc(C(NC2CC3CCC2O3)c2ccccn2)cc1. The van der Waals surface area contributed by atoms with Crippen LogP contribution in [0.1, 0.15) is 36.6 Å². The number of nitrogens with one attached hydrogen (secondary N) is 1. The van der Waals surface area contributed by atoms with Crippen molar-refractivity contribution in [2.75, 3.05) is 0 Å². The number of hydrogen-bond donors (Lipinski definition) is 1. The third-order valence-corrected chi connectivity index (χ3v) is 4.60. The largest absolute Gasteiger partial charge is 0.373 e. The van der Waals surface area contributed by atoms with Crippen molar-refractivity contribution in [3.8, 4) is 0 Å². The lowest BCUT2D eigenvalue weighted by atomic mass is 9.93. The summed E-state index contributed by atoms with van der Waals surface area (Å²) in [5, 5.41) is 3.79. The molecule has 21 heavy (non-hydrogen) atoms. The predicted molar refractivity (Wildman–Crippen MR) is 82.0 cm³/mol. The summed E-state index contributed by atoms with van der Waals surface area (Å²) in [6, 6.07) is 17.3. The van der Waals surface area contributed by atoms with E-state index in [0.717, 1.165) is 12.1 Å². The van der Waals surface area contributed by atoms with Gasteiger partial charge in [0.15, 0.2) is 0 Å². The van der Waals surface area contributed by atoms with E-state index < -0.39 is 0 Å². The third-order valence-electron chi connectivity index (χ3n) is 4.60. The van der Waals surface area contributed by atoms with E-state index in [0.29, 0.717) is 18.2 Å². The van der Waals surface area contributed by atoms with Crippen molar-refractivity contribution >= 4 is 0 Å². The molecule has 2 aliphatic rings. The molecule has 0 radical (unpaired) electrons. The van der Waals surface area contributed by atoms with Crippen LogP contribution in [0.5, 0.6) is 0 Å². The first-order valence-electron chi connectivity index (χ1n) is 7.77. The van der Waals surface area contributed by atoms with E-state index in [2.05, 4.69) is 52.8 Å². The summed E-state index contributed by atoms with van der Waals surface area (Å²) in [4.78, 5) is 4.56. The Morgan fingerprint density at radius 1 is 1.05 bits per heavy atom. The smallest absolute Gasteiger partial charge is 0.0754 e. The molecule has 2 fully saturated rings. The highest BCUT2D eigenvalue weighted by Crippen LogP contribution is 2.36. The highest BCUT2D eigenvalue weighted by molar-refractivity contribution is 5.28. The van der Waals surface area contributed by atoms with Crippen LogP contribution >= 0.6 is 0 Å². The summed E-state index contributed by atoms with van der Waals surface area (Å²) in [6.07, 6.45) is 6.25. The molecule has 0 aliphatic carbocycles. The van der Waals surface area contributed by atoms with Gasteiger partial charge in [-0.3, -0.25) is 10.3 Å². The Hall–Kier alpha value is -1.71. The van der Waals surface area contributed by atoms with E-state index in [1.807, 2.05) is 12.3 Å². The maximum Gasteiger partial charge on any atom is 0.0754 e. The van der Waals surface area contributed by atoms with Crippen molar-refractivity contribution in [2.24, 2.45) is 0 Å². The van der Waals surface area contributed by atoms with Gasteiger partial charge in [-0.05, 0) is 37.0 Å². The summed E-state index contributed by atoms with van der Waals surface area (Å²) in [7, 11) is 0. The summed E-state index contributed by atoms with van der Waals surface area (Å²) in [6.45, 7) is 0. The van der Waals surface area contributed by atoms with E-state index in [4.69, 9.17) is 4.74 Å². The molecule has 108 valence electrons. The molecule has 2 bridgehead atoms. The second kappa shape index (κ2) is 5.58. The molecule has 3 heterocycles. The lowest BCUT2D eigenvalue weighted by molar-refractivity contribution is 0.0965. The molecule has 1 N–H and O–H groups in total. The minimum Gasteiger partial charge on any atom is -0.373 e. The van der Waals surface area contributed by atoms with E-state index in [-0.39, 0.29) is 6.04 Å². The summed E-state index contributed by atoms with van der Waals surface area (Å²) >= 11 is 0. The number of benzene rings is 1. The molecule has 4 rings (SSSR count). The molecule has 4 atom stereocenters. The Balaban J connectivity index is 1.61. The zero-order chi connectivity index (χ0) is 14.1. The molecular formula is C18H20N2O. The second-order valence-electron chi connectivity index (χ2n) is 5.98. The van der Waals surface area contributed by atoms with Gasteiger partial charge in [0.2, 0.25) is 0 Å². The van der Waals surface area contributed by atoms with Crippen molar-refractivity contribution < 1.29 is 4.74 Å². The van der Waals surface area contributed by atoms with Crippen molar-refractivity contribution in [1.29, 1.82) is 0 Å². The Kier molecular flexibility index (Phi) is 3.45. The van der Waals surface area contributed by atoms with Gasteiger partial charge in [-0.15, -0.1) is 0 Å². The maximum atomic E-state index is 5.97. The molecule has 1 aromatic carbocycles. The average Bonchev–Trinajstić information content (AvgIpc) is 3.17. The van der Waals surface area contributed by atoms with Crippen molar-refractivity contribution in [2.45, 2.75) is 43.6 Å². The van der Waals surface area contributed by atoms with Gasteiger partial charge in [0.25, 0.3) is 0 Å². The molecule has 2 saturated heterocycles. The van der Waals surface area contributed by atoms with Crippen LogP contribution in [0.25, 0.3) is 0 Å². The number of hydrogen-bond acceptors (Lipinski definition) is 3. The lowest BCUT2D eigenvalue weighted by Gasteiger charge is -2.27. The van der Waals surface area contributed by atoms with Crippen LogP contribution in [-0.4, -0.2) is 23.2 Å². The molecule has 0 spiro atoms. The van der Waals surface area contributed by atoms with Gasteiger partial charge in [0, 0.05) is 12.2 Å². The van der Waals surface area contributed by atoms with Crippen LogP contribution in [0.15, 0.2) is 54.7 Å². The number of aromatic nitrogens is 1. The zero-order valence-corrected chi connectivity index (χ0v) is 12.0. The number of fused-ring (bicyclic) bond motifs is 2. The van der Waals surface area contributed by atoms with Crippen LogP contribution in [0.4, 0.5) is 0 Å². The standard InChI is InChI=1S/C18H20N2O/c1-2-6-13(7-3-1)18(15-8-4-5-11-19-15)20-16-12-14-9-10-17(16)21-14/h1-8,11,14,16-18,20H,9-10,12H2. The third kappa shape index (κ3) is 2.59. The van der Waals surface area contributed by atoms with Crippen LogP contribution in [-0.2, 0) is 4.74 Å². The average molecular weight is 280 g/mol. The van der Waals surface area contributed by atoms with Gasteiger partial charge >= 0.3 is 0 Å². The first-order valence-corrected chi connectivity index (χ1v) is 7.77. The fourth-order valence-corrected chi connectivity index (χ4v) is 3.57. The van der Waals surface area contributed by atoms with Crippen LogP contribution < -0.4 is 5.32 Å². The maximum absolute atomic E-state index is 5.97. The Bertz CT molecular complexity index is 547. The minimum absolute atomic E-state index is 0.139. The van der Waals surface area contributed by atoms with Crippen molar-refractivity contribution in [1.82, 2.24) is 10.3 Å². The van der Waals surface area contributed by atoms with Gasteiger partial charge in [-0.25, -0.2) is 0 Å².